The average Bonchev–Trinajstić information content (AvgIpc) is 1.35. The summed E-state index contributed by atoms with van der Waals surface area (Å²) in [5.41, 5.74) is 0. The first-order valence-corrected chi connectivity index (χ1v) is 1.85. The van der Waals surface area contributed by atoms with Gasteiger partial charge in [-0.3, -0.25) is 4.48 Å². The fraction of sp³-hybridized carbons (Fsp3) is 0.600. The lowest BCUT2D eigenvalue weighted by molar-refractivity contribution is -0.800. The molecule has 0 aliphatic rings. The predicted molar refractivity (Wildman–Crippen MR) is 38.2 cm³/mol. The fourth-order valence-corrected chi connectivity index (χ4v) is 0. The molecule has 0 bridgehead atoms. The largest absolute Gasteiger partial charge is 0.254 e. The summed E-state index contributed by atoms with van der Waals surface area (Å²) in [6, 6.07) is 2.54. The van der Waals surface area contributed by atoms with Crippen molar-refractivity contribution < 1.29 is 4.48 Å². The van der Waals surface area contributed by atoms with Gasteiger partial charge < -0.3 is 0 Å². The maximum atomic E-state index is 5.03. The minimum atomic E-state index is 0. The Hall–Kier alpha value is -0.263. The number of nitrogens with zero attached hydrogens (tertiary/aromatic N) is 1. The van der Waals surface area contributed by atoms with E-state index in [2.05, 4.69) is 6.04 Å². The van der Waals surface area contributed by atoms with Crippen molar-refractivity contribution in [3.8, 4) is 12.5 Å². The van der Waals surface area contributed by atoms with Gasteiger partial charge in [0, 0.05) is 0 Å². The molecule has 0 fully saturated rings. The second-order valence-electron chi connectivity index (χ2n) is 2.14. The Bertz CT molecular complexity index is 75.1. The average molecular weight is 116 g/mol. The molecule has 0 heterocycles. The van der Waals surface area contributed by atoms with Gasteiger partial charge in [-0.1, -0.05) is 6.42 Å². The van der Waals surface area contributed by atoms with Crippen LogP contribution in [0.5, 0.6) is 0 Å². The topological polar surface area (TPSA) is 0 Å². The second-order valence-corrected chi connectivity index (χ2v) is 2.14. The van der Waals surface area contributed by atoms with E-state index in [1.165, 1.54) is 0 Å². The quantitative estimate of drug-likeness (QED) is 0.213. The Labute approximate surface area is 49.9 Å². The fourth-order valence-electron chi connectivity index (χ4n) is 0. The first-order valence-electron chi connectivity index (χ1n) is 1.85. The monoisotopic (exact) mass is 116 g/mol. The summed E-state index contributed by atoms with van der Waals surface area (Å²) in [7, 11) is 5.83. The lowest BCUT2D eigenvalue weighted by atomic mass is 10.7. The summed E-state index contributed by atoms with van der Waals surface area (Å²) in [6.07, 6.45) is 5.03. The van der Waals surface area contributed by atoms with Crippen LogP contribution >= 0.6 is 0 Å². The Morgan fingerprint density at radius 3 is 1.43 bits per heavy atom. The minimum absolute atomic E-state index is 0. The van der Waals surface area contributed by atoms with Crippen LogP contribution in [0, 0.1) is 12.5 Å². The van der Waals surface area contributed by atoms with E-state index in [0.29, 0.717) is 4.48 Å². The van der Waals surface area contributed by atoms with E-state index in [9.17, 15) is 0 Å². The van der Waals surface area contributed by atoms with Gasteiger partial charge in [0.05, 0.1) is 21.1 Å². The summed E-state index contributed by atoms with van der Waals surface area (Å²) >= 11 is 0. The van der Waals surface area contributed by atoms with E-state index < -0.39 is 0 Å². The molecule has 0 rings (SSSR count). The lowest BCUT2D eigenvalue weighted by Gasteiger charge is -2.11. The SMILES string of the molecule is C#C[N+](C)(C)C.[SiH4]. The molecule has 0 spiro atoms. The van der Waals surface area contributed by atoms with Crippen molar-refractivity contribution >= 4 is 11.0 Å². The van der Waals surface area contributed by atoms with Crippen LogP contribution in [-0.2, 0) is 0 Å². The number of hydrogen-bond acceptors (Lipinski definition) is 0. The normalized spacial score (nSPS) is 8.86. The highest BCUT2D eigenvalue weighted by Gasteiger charge is 1.95. The lowest BCUT2D eigenvalue weighted by Crippen LogP contribution is -2.26. The molecular formula is C5H14NSi+. The predicted octanol–water partition coefficient (Wildman–Crippen LogP) is -1.17. The van der Waals surface area contributed by atoms with E-state index in [1.54, 1.807) is 0 Å². The van der Waals surface area contributed by atoms with Gasteiger partial charge in [0.1, 0.15) is 6.04 Å². The van der Waals surface area contributed by atoms with Gasteiger partial charge in [-0.15, -0.1) is 0 Å². The van der Waals surface area contributed by atoms with Gasteiger partial charge in [-0.2, -0.15) is 0 Å². The van der Waals surface area contributed by atoms with Gasteiger partial charge >= 0.3 is 0 Å². The maximum absolute atomic E-state index is 5.03. The van der Waals surface area contributed by atoms with E-state index >= 15 is 0 Å². The van der Waals surface area contributed by atoms with Gasteiger partial charge in [0.25, 0.3) is 0 Å². The molecule has 1 nitrogen and oxygen atoms in total. The third-order valence-corrected chi connectivity index (χ3v) is 0.387. The molecule has 0 saturated heterocycles. The molecule has 0 aromatic heterocycles. The molecule has 2 heteroatoms. The van der Waals surface area contributed by atoms with Crippen LogP contribution < -0.4 is 0 Å². The second kappa shape index (κ2) is 2.84. The van der Waals surface area contributed by atoms with Gasteiger partial charge in [-0.25, -0.2) is 0 Å². The first kappa shape index (κ1) is 9.88. The van der Waals surface area contributed by atoms with Crippen LogP contribution in [0.2, 0.25) is 0 Å². The molecule has 0 aliphatic heterocycles. The summed E-state index contributed by atoms with van der Waals surface area (Å²) in [4.78, 5) is 0. The number of rotatable bonds is 0. The van der Waals surface area contributed by atoms with Crippen LogP contribution in [-0.4, -0.2) is 36.6 Å². The van der Waals surface area contributed by atoms with Crippen LogP contribution in [0.4, 0.5) is 0 Å². The van der Waals surface area contributed by atoms with Crippen molar-refractivity contribution in [1.82, 2.24) is 0 Å². The summed E-state index contributed by atoms with van der Waals surface area (Å²) in [5.74, 6) is 0. The van der Waals surface area contributed by atoms with Crippen molar-refractivity contribution in [3.05, 3.63) is 0 Å². The van der Waals surface area contributed by atoms with E-state index in [4.69, 9.17) is 6.42 Å². The van der Waals surface area contributed by atoms with Crippen molar-refractivity contribution in [1.29, 1.82) is 0 Å². The van der Waals surface area contributed by atoms with Crippen LogP contribution in [0.25, 0.3) is 0 Å². The summed E-state index contributed by atoms with van der Waals surface area (Å²) < 4.78 is 0.597. The minimum Gasteiger partial charge on any atom is -0.254 e. The molecule has 0 unspecified atom stereocenters. The van der Waals surface area contributed by atoms with Crippen LogP contribution in [0.15, 0.2) is 0 Å². The van der Waals surface area contributed by atoms with Gasteiger partial charge in [-0.05, 0) is 11.0 Å². The van der Waals surface area contributed by atoms with Crippen molar-refractivity contribution in [3.63, 3.8) is 0 Å². The molecule has 0 saturated carbocycles. The Morgan fingerprint density at radius 2 is 1.43 bits per heavy atom. The smallest absolute Gasteiger partial charge is 0.133 e. The van der Waals surface area contributed by atoms with E-state index in [-0.39, 0.29) is 11.0 Å². The van der Waals surface area contributed by atoms with Gasteiger partial charge in [0.15, 0.2) is 0 Å². The molecule has 7 heavy (non-hydrogen) atoms. The van der Waals surface area contributed by atoms with Crippen LogP contribution in [0.3, 0.4) is 0 Å². The molecule has 42 valence electrons. The Morgan fingerprint density at radius 1 is 1.29 bits per heavy atom. The zero-order chi connectivity index (χ0) is 5.21. The molecule has 0 aromatic carbocycles. The van der Waals surface area contributed by atoms with Crippen molar-refractivity contribution in [2.24, 2.45) is 0 Å². The zero-order valence-corrected chi connectivity index (χ0v) is 4.52. The highest BCUT2D eigenvalue weighted by molar-refractivity contribution is 5.75. The number of quaternary nitrogens is 1. The molecule has 0 aromatic rings. The molecule has 0 radical (unpaired) electrons. The Balaban J connectivity index is 0. The van der Waals surface area contributed by atoms with Gasteiger partial charge in [0.2, 0.25) is 0 Å². The molecule has 0 N–H and O–H groups in total. The number of terminal acetylenes is 1. The van der Waals surface area contributed by atoms with Crippen LogP contribution in [0.1, 0.15) is 0 Å². The molecule has 0 amide bonds. The zero-order valence-electron chi connectivity index (χ0n) is 4.52. The Kier molecular flexibility index (Phi) is 4.00. The maximum Gasteiger partial charge on any atom is 0.133 e. The first-order chi connectivity index (χ1) is 2.56. The van der Waals surface area contributed by atoms with Crippen molar-refractivity contribution in [2.45, 2.75) is 0 Å². The molecule has 0 aliphatic carbocycles. The highest BCUT2D eigenvalue weighted by atomic mass is 28.1. The highest BCUT2D eigenvalue weighted by Crippen LogP contribution is 1.79. The van der Waals surface area contributed by atoms with E-state index in [1.807, 2.05) is 21.1 Å². The standard InChI is InChI=1S/C5H10N.H4Si/c1-5-6(2,3)4;/h1H,2-4H3;1H4/q+1;. The third kappa shape index (κ3) is 10.7. The number of hydrogen-bond donors (Lipinski definition) is 0. The summed E-state index contributed by atoms with van der Waals surface area (Å²) in [6.45, 7) is 0. The third-order valence-electron chi connectivity index (χ3n) is 0.387. The summed E-state index contributed by atoms with van der Waals surface area (Å²) in [5, 5.41) is 0. The van der Waals surface area contributed by atoms with E-state index in [0.717, 1.165) is 0 Å². The molecular weight excluding hydrogens is 102 g/mol. The molecule has 0 atom stereocenters. The van der Waals surface area contributed by atoms with Crippen molar-refractivity contribution in [2.75, 3.05) is 21.1 Å².